The van der Waals surface area contributed by atoms with Crippen molar-refractivity contribution in [1.82, 2.24) is 10.6 Å². The lowest BCUT2D eigenvalue weighted by atomic mass is 10.1. The molecule has 5 nitrogen and oxygen atoms in total. The molecule has 0 aromatic rings. The predicted octanol–water partition coefficient (Wildman–Crippen LogP) is 2.00. The highest BCUT2D eigenvalue weighted by atomic mass is 16.5. The van der Waals surface area contributed by atoms with E-state index in [0.717, 1.165) is 12.8 Å². The van der Waals surface area contributed by atoms with Crippen LogP contribution in [0, 0.1) is 0 Å². The maximum atomic E-state index is 11.6. The van der Waals surface area contributed by atoms with Crippen LogP contribution in [0.1, 0.15) is 59.3 Å². The van der Waals surface area contributed by atoms with E-state index in [1.54, 1.807) is 6.92 Å². The van der Waals surface area contributed by atoms with Crippen LogP contribution in [0.3, 0.4) is 0 Å². The standard InChI is InChI=1S/C15H30N2O3/c1-4-6-7-9-13(3)17-14(18)12-16-11-8-10-15(19)20-5-2/h13,16H,4-12H2,1-3H3,(H,17,18). The first-order valence-corrected chi connectivity index (χ1v) is 7.75. The summed E-state index contributed by atoms with van der Waals surface area (Å²) in [7, 11) is 0. The number of ether oxygens (including phenoxy) is 1. The number of rotatable bonds is 12. The van der Waals surface area contributed by atoms with Crippen molar-refractivity contribution in [3.05, 3.63) is 0 Å². The zero-order chi connectivity index (χ0) is 15.2. The zero-order valence-corrected chi connectivity index (χ0v) is 13.2. The van der Waals surface area contributed by atoms with Crippen molar-refractivity contribution in [3.8, 4) is 0 Å². The van der Waals surface area contributed by atoms with Gasteiger partial charge < -0.3 is 15.4 Å². The third-order valence-corrected chi connectivity index (χ3v) is 2.97. The Bertz CT molecular complexity index is 270. The van der Waals surface area contributed by atoms with E-state index in [0.29, 0.717) is 32.5 Å². The van der Waals surface area contributed by atoms with Gasteiger partial charge in [-0.3, -0.25) is 9.59 Å². The van der Waals surface area contributed by atoms with Crippen LogP contribution in [0.2, 0.25) is 0 Å². The molecule has 0 aliphatic heterocycles. The molecule has 0 aliphatic carbocycles. The summed E-state index contributed by atoms with van der Waals surface area (Å²) in [5, 5.41) is 6.00. The van der Waals surface area contributed by atoms with E-state index >= 15 is 0 Å². The summed E-state index contributed by atoms with van der Waals surface area (Å²) < 4.78 is 4.82. The summed E-state index contributed by atoms with van der Waals surface area (Å²) in [6.07, 6.45) is 5.69. The lowest BCUT2D eigenvalue weighted by Gasteiger charge is -2.13. The Labute approximate surface area is 122 Å². The van der Waals surface area contributed by atoms with Crippen molar-refractivity contribution in [2.75, 3.05) is 19.7 Å². The average molecular weight is 286 g/mol. The zero-order valence-electron chi connectivity index (χ0n) is 13.2. The Kier molecular flexibility index (Phi) is 12.2. The number of carbonyl (C=O) groups is 2. The van der Waals surface area contributed by atoms with E-state index in [2.05, 4.69) is 17.6 Å². The molecule has 0 aromatic heterocycles. The van der Waals surface area contributed by atoms with Gasteiger partial charge in [-0.1, -0.05) is 26.2 Å². The molecule has 0 radical (unpaired) electrons. The SMILES string of the molecule is CCCCCC(C)NC(=O)CNCCCC(=O)OCC. The minimum Gasteiger partial charge on any atom is -0.466 e. The maximum absolute atomic E-state index is 11.6. The lowest BCUT2D eigenvalue weighted by molar-refractivity contribution is -0.143. The molecule has 1 unspecified atom stereocenters. The smallest absolute Gasteiger partial charge is 0.305 e. The highest BCUT2D eigenvalue weighted by Gasteiger charge is 2.06. The molecule has 0 spiro atoms. The molecule has 20 heavy (non-hydrogen) atoms. The van der Waals surface area contributed by atoms with Crippen LogP contribution in [0.15, 0.2) is 0 Å². The predicted molar refractivity (Wildman–Crippen MR) is 80.5 cm³/mol. The molecule has 0 saturated carbocycles. The molecule has 0 rings (SSSR count). The van der Waals surface area contributed by atoms with Crippen LogP contribution in [0.5, 0.6) is 0 Å². The number of carbonyl (C=O) groups excluding carboxylic acids is 2. The van der Waals surface area contributed by atoms with Crippen LogP contribution in [0.25, 0.3) is 0 Å². The van der Waals surface area contributed by atoms with Gasteiger partial charge in [0.15, 0.2) is 0 Å². The highest BCUT2D eigenvalue weighted by Crippen LogP contribution is 2.02. The van der Waals surface area contributed by atoms with Gasteiger partial charge in [-0.25, -0.2) is 0 Å². The van der Waals surface area contributed by atoms with Crippen molar-refractivity contribution < 1.29 is 14.3 Å². The third kappa shape index (κ3) is 12.0. The molecule has 1 amide bonds. The number of esters is 1. The second kappa shape index (κ2) is 12.9. The van der Waals surface area contributed by atoms with Crippen molar-refractivity contribution in [1.29, 1.82) is 0 Å². The average Bonchev–Trinajstić information content (AvgIpc) is 2.39. The first kappa shape index (κ1) is 18.9. The molecule has 0 bridgehead atoms. The van der Waals surface area contributed by atoms with Crippen LogP contribution in [-0.2, 0) is 14.3 Å². The first-order valence-electron chi connectivity index (χ1n) is 7.75. The van der Waals surface area contributed by atoms with E-state index in [9.17, 15) is 9.59 Å². The van der Waals surface area contributed by atoms with Gasteiger partial charge in [0, 0.05) is 12.5 Å². The minimum atomic E-state index is -0.178. The summed E-state index contributed by atoms with van der Waals surface area (Å²) in [6, 6.07) is 0.232. The fourth-order valence-electron chi connectivity index (χ4n) is 1.89. The Morgan fingerprint density at radius 3 is 2.55 bits per heavy atom. The van der Waals surface area contributed by atoms with Gasteiger partial charge in [0.25, 0.3) is 0 Å². The van der Waals surface area contributed by atoms with Crippen LogP contribution in [-0.4, -0.2) is 37.6 Å². The van der Waals surface area contributed by atoms with Gasteiger partial charge in [-0.15, -0.1) is 0 Å². The number of hydrogen-bond donors (Lipinski definition) is 2. The van der Waals surface area contributed by atoms with Gasteiger partial charge in [0.2, 0.25) is 5.91 Å². The number of hydrogen-bond acceptors (Lipinski definition) is 4. The summed E-state index contributed by atoms with van der Waals surface area (Å²) in [6.45, 7) is 7.38. The van der Waals surface area contributed by atoms with Crippen molar-refractivity contribution >= 4 is 11.9 Å². The van der Waals surface area contributed by atoms with E-state index in [-0.39, 0.29) is 17.9 Å². The molecular formula is C15H30N2O3. The Morgan fingerprint density at radius 2 is 1.90 bits per heavy atom. The van der Waals surface area contributed by atoms with Crippen LogP contribution >= 0.6 is 0 Å². The molecule has 5 heteroatoms. The summed E-state index contributed by atoms with van der Waals surface area (Å²) >= 11 is 0. The fourth-order valence-corrected chi connectivity index (χ4v) is 1.89. The quantitative estimate of drug-likeness (QED) is 0.425. The van der Waals surface area contributed by atoms with Gasteiger partial charge in [0.1, 0.15) is 0 Å². The topological polar surface area (TPSA) is 67.4 Å². The van der Waals surface area contributed by atoms with Crippen LogP contribution < -0.4 is 10.6 Å². The van der Waals surface area contributed by atoms with Gasteiger partial charge in [0.05, 0.1) is 13.2 Å². The van der Waals surface area contributed by atoms with Crippen molar-refractivity contribution in [2.45, 2.75) is 65.3 Å². The molecule has 0 fully saturated rings. The van der Waals surface area contributed by atoms with Crippen LogP contribution in [0.4, 0.5) is 0 Å². The largest absolute Gasteiger partial charge is 0.466 e. The van der Waals surface area contributed by atoms with Gasteiger partial charge in [-0.2, -0.15) is 0 Å². The molecule has 118 valence electrons. The minimum absolute atomic E-state index is 0.0186. The van der Waals surface area contributed by atoms with Crippen molar-refractivity contribution in [3.63, 3.8) is 0 Å². The van der Waals surface area contributed by atoms with E-state index in [1.807, 2.05) is 6.92 Å². The number of amides is 1. The molecular weight excluding hydrogens is 256 g/mol. The Morgan fingerprint density at radius 1 is 1.15 bits per heavy atom. The Hall–Kier alpha value is -1.10. The van der Waals surface area contributed by atoms with E-state index in [1.165, 1.54) is 12.8 Å². The Balaban J connectivity index is 3.46. The molecule has 0 saturated heterocycles. The van der Waals surface area contributed by atoms with Gasteiger partial charge in [-0.05, 0) is 33.2 Å². The monoisotopic (exact) mass is 286 g/mol. The lowest BCUT2D eigenvalue weighted by Crippen LogP contribution is -2.39. The second-order valence-corrected chi connectivity index (χ2v) is 5.05. The summed E-state index contributed by atoms with van der Waals surface area (Å²) in [4.78, 5) is 22.7. The summed E-state index contributed by atoms with van der Waals surface area (Å²) in [5.41, 5.74) is 0. The molecule has 2 N–H and O–H groups in total. The molecule has 0 aliphatic rings. The molecule has 1 atom stereocenters. The molecule has 0 aromatic carbocycles. The number of nitrogens with one attached hydrogen (secondary N) is 2. The summed E-state index contributed by atoms with van der Waals surface area (Å²) in [5.74, 6) is -0.159. The van der Waals surface area contributed by atoms with E-state index in [4.69, 9.17) is 4.74 Å². The second-order valence-electron chi connectivity index (χ2n) is 5.05. The highest BCUT2D eigenvalue weighted by molar-refractivity contribution is 5.78. The number of unbranched alkanes of at least 4 members (excludes halogenated alkanes) is 2. The first-order chi connectivity index (χ1) is 9.60. The van der Waals surface area contributed by atoms with E-state index < -0.39 is 0 Å². The normalized spacial score (nSPS) is 11.9. The van der Waals surface area contributed by atoms with Gasteiger partial charge >= 0.3 is 5.97 Å². The third-order valence-electron chi connectivity index (χ3n) is 2.97. The maximum Gasteiger partial charge on any atom is 0.305 e. The molecule has 0 heterocycles. The van der Waals surface area contributed by atoms with Crippen molar-refractivity contribution in [2.24, 2.45) is 0 Å². The fraction of sp³-hybridized carbons (Fsp3) is 0.867.